The van der Waals surface area contributed by atoms with E-state index in [4.69, 9.17) is 4.74 Å². The van der Waals surface area contributed by atoms with E-state index in [-0.39, 0.29) is 6.10 Å². The summed E-state index contributed by atoms with van der Waals surface area (Å²) in [4.78, 5) is 0. The molecule has 0 radical (unpaired) electrons. The Balaban J connectivity index is 2.52. The van der Waals surface area contributed by atoms with Crippen molar-refractivity contribution in [2.75, 3.05) is 7.11 Å². The first-order valence-electron chi connectivity index (χ1n) is 5.24. The van der Waals surface area contributed by atoms with Crippen LogP contribution in [-0.2, 0) is 4.74 Å². The number of rotatable bonds is 2. The van der Waals surface area contributed by atoms with Gasteiger partial charge in [-0.1, -0.05) is 35.5 Å². The van der Waals surface area contributed by atoms with Crippen LogP contribution in [0.4, 0.5) is 0 Å². The van der Waals surface area contributed by atoms with Gasteiger partial charge in [0.2, 0.25) is 0 Å². The molecule has 1 unspecified atom stereocenters. The first kappa shape index (κ1) is 10.4. The summed E-state index contributed by atoms with van der Waals surface area (Å²) >= 11 is 0. The van der Waals surface area contributed by atoms with Crippen LogP contribution in [0.25, 0.3) is 10.8 Å². The monoisotopic (exact) mass is 216 g/mol. The molecule has 0 heterocycles. The molecule has 0 aromatic heterocycles. The molecule has 0 saturated heterocycles. The zero-order valence-electron chi connectivity index (χ0n) is 9.45. The van der Waals surface area contributed by atoms with Crippen LogP contribution in [-0.4, -0.2) is 17.4 Å². The fraction of sp³-hybridized carbons (Fsp3) is 0.231. The van der Waals surface area contributed by atoms with Crippen LogP contribution < -0.4 is 5.19 Å². The number of benzene rings is 2. The Labute approximate surface area is 93.5 Å². The van der Waals surface area contributed by atoms with Gasteiger partial charge in [0.1, 0.15) is 0 Å². The number of ether oxygens (including phenoxy) is 1. The summed E-state index contributed by atoms with van der Waals surface area (Å²) in [5, 5.41) is 4.07. The summed E-state index contributed by atoms with van der Waals surface area (Å²) < 4.78 is 5.32. The summed E-state index contributed by atoms with van der Waals surface area (Å²) in [6.07, 6.45) is 0.171. The fourth-order valence-electron chi connectivity index (χ4n) is 1.77. The minimum Gasteiger partial charge on any atom is -0.377 e. The minimum absolute atomic E-state index is 0.171. The van der Waals surface area contributed by atoms with Crippen molar-refractivity contribution in [3.05, 3.63) is 42.0 Å². The third-order valence-electron chi connectivity index (χ3n) is 2.84. The lowest BCUT2D eigenvalue weighted by Crippen LogP contribution is -2.00. The largest absolute Gasteiger partial charge is 0.377 e. The van der Waals surface area contributed by atoms with Crippen molar-refractivity contribution in [1.29, 1.82) is 0 Å². The highest BCUT2D eigenvalue weighted by atomic mass is 28.1. The standard InChI is InChI=1S/C13H16OSi/c1-9(14-2)10-3-4-12-8-13(15)6-5-11(12)7-10/h3-9H,1-2,15H3. The van der Waals surface area contributed by atoms with E-state index in [1.165, 1.54) is 21.5 Å². The molecule has 15 heavy (non-hydrogen) atoms. The zero-order valence-corrected chi connectivity index (χ0v) is 11.4. The highest BCUT2D eigenvalue weighted by Gasteiger charge is 2.03. The molecule has 1 atom stereocenters. The summed E-state index contributed by atoms with van der Waals surface area (Å²) in [5.74, 6) is 0. The molecular formula is C13H16OSi. The highest BCUT2D eigenvalue weighted by molar-refractivity contribution is 6.33. The van der Waals surface area contributed by atoms with Gasteiger partial charge in [0.05, 0.1) is 6.10 Å². The van der Waals surface area contributed by atoms with Gasteiger partial charge >= 0.3 is 0 Å². The molecule has 0 spiro atoms. The van der Waals surface area contributed by atoms with Gasteiger partial charge in [-0.3, -0.25) is 0 Å². The molecule has 2 rings (SSSR count). The first-order valence-corrected chi connectivity index (χ1v) is 6.24. The smallest absolute Gasteiger partial charge is 0.0793 e. The molecular weight excluding hydrogens is 200 g/mol. The van der Waals surface area contributed by atoms with E-state index in [1.807, 2.05) is 0 Å². The van der Waals surface area contributed by atoms with Crippen molar-refractivity contribution < 1.29 is 4.74 Å². The van der Waals surface area contributed by atoms with Crippen molar-refractivity contribution in [2.24, 2.45) is 0 Å². The Bertz CT molecular complexity index is 479. The molecule has 0 saturated carbocycles. The number of methoxy groups -OCH3 is 1. The molecule has 0 aliphatic carbocycles. The van der Waals surface area contributed by atoms with Gasteiger partial charge in [0.25, 0.3) is 0 Å². The third kappa shape index (κ3) is 2.11. The quantitative estimate of drug-likeness (QED) is 0.692. The maximum atomic E-state index is 5.32. The molecule has 0 N–H and O–H groups in total. The number of hydrogen-bond donors (Lipinski definition) is 0. The minimum atomic E-state index is 0.171. The summed E-state index contributed by atoms with van der Waals surface area (Å²) in [6.45, 7) is 2.07. The Morgan fingerprint density at radius 1 is 1.07 bits per heavy atom. The predicted molar refractivity (Wildman–Crippen MR) is 68.9 cm³/mol. The Hall–Kier alpha value is -1.12. The van der Waals surface area contributed by atoms with E-state index >= 15 is 0 Å². The number of hydrogen-bond acceptors (Lipinski definition) is 1. The van der Waals surface area contributed by atoms with Gasteiger partial charge in [-0.25, -0.2) is 0 Å². The van der Waals surface area contributed by atoms with Crippen molar-refractivity contribution in [3.8, 4) is 0 Å². The van der Waals surface area contributed by atoms with E-state index in [0.29, 0.717) is 0 Å². The first-order chi connectivity index (χ1) is 7.20. The second-order valence-electron chi connectivity index (χ2n) is 3.99. The molecule has 0 bridgehead atoms. The average Bonchev–Trinajstić information content (AvgIpc) is 2.27. The molecule has 2 aromatic carbocycles. The molecule has 1 nitrogen and oxygen atoms in total. The maximum Gasteiger partial charge on any atom is 0.0793 e. The Kier molecular flexibility index (Phi) is 2.89. The lowest BCUT2D eigenvalue weighted by Gasteiger charge is -2.10. The van der Waals surface area contributed by atoms with Crippen LogP contribution in [0.2, 0.25) is 0 Å². The summed E-state index contributed by atoms with van der Waals surface area (Å²) in [5.41, 5.74) is 1.24. The average molecular weight is 216 g/mol. The SMILES string of the molecule is COC(C)c1ccc2cc([SiH3])ccc2c1. The van der Waals surface area contributed by atoms with E-state index in [9.17, 15) is 0 Å². The zero-order chi connectivity index (χ0) is 10.8. The van der Waals surface area contributed by atoms with Gasteiger partial charge in [-0.15, -0.1) is 0 Å². The van der Waals surface area contributed by atoms with Gasteiger partial charge in [-0.2, -0.15) is 0 Å². The topological polar surface area (TPSA) is 9.23 Å². The predicted octanol–water partition coefficient (Wildman–Crippen LogP) is 1.54. The van der Waals surface area contributed by atoms with E-state index in [0.717, 1.165) is 10.2 Å². The van der Waals surface area contributed by atoms with Crippen molar-refractivity contribution >= 4 is 26.2 Å². The second kappa shape index (κ2) is 4.17. The van der Waals surface area contributed by atoms with Crippen LogP contribution in [0.1, 0.15) is 18.6 Å². The molecule has 0 fully saturated rings. The molecule has 0 aliphatic rings. The van der Waals surface area contributed by atoms with E-state index < -0.39 is 0 Å². The summed E-state index contributed by atoms with van der Waals surface area (Å²) in [6, 6.07) is 13.2. The fourth-order valence-corrected chi connectivity index (χ4v) is 2.25. The van der Waals surface area contributed by atoms with Gasteiger partial charge < -0.3 is 4.74 Å². The Morgan fingerprint density at radius 2 is 1.73 bits per heavy atom. The molecule has 0 amide bonds. The normalized spacial score (nSPS) is 13.2. The molecule has 2 heteroatoms. The van der Waals surface area contributed by atoms with Gasteiger partial charge in [-0.05, 0) is 29.3 Å². The number of fused-ring (bicyclic) bond motifs is 1. The van der Waals surface area contributed by atoms with Gasteiger partial charge in [0.15, 0.2) is 0 Å². The lowest BCUT2D eigenvalue weighted by atomic mass is 10.0. The van der Waals surface area contributed by atoms with Crippen LogP contribution in [0.15, 0.2) is 36.4 Å². The van der Waals surface area contributed by atoms with Crippen LogP contribution >= 0.6 is 0 Å². The molecule has 2 aromatic rings. The van der Waals surface area contributed by atoms with Crippen LogP contribution in [0.3, 0.4) is 0 Å². The molecule has 0 aliphatic heterocycles. The highest BCUT2D eigenvalue weighted by Crippen LogP contribution is 2.21. The van der Waals surface area contributed by atoms with Crippen molar-refractivity contribution in [3.63, 3.8) is 0 Å². The van der Waals surface area contributed by atoms with E-state index in [1.54, 1.807) is 7.11 Å². The van der Waals surface area contributed by atoms with Gasteiger partial charge in [0, 0.05) is 17.4 Å². The van der Waals surface area contributed by atoms with Crippen LogP contribution in [0, 0.1) is 0 Å². The van der Waals surface area contributed by atoms with Crippen molar-refractivity contribution in [2.45, 2.75) is 13.0 Å². The van der Waals surface area contributed by atoms with Crippen molar-refractivity contribution in [1.82, 2.24) is 0 Å². The maximum absolute atomic E-state index is 5.32. The van der Waals surface area contributed by atoms with E-state index in [2.05, 4.69) is 43.3 Å². The van der Waals surface area contributed by atoms with Crippen LogP contribution in [0.5, 0.6) is 0 Å². The molecule has 78 valence electrons. The Morgan fingerprint density at radius 3 is 2.47 bits per heavy atom. The second-order valence-corrected chi connectivity index (χ2v) is 5.14. The lowest BCUT2D eigenvalue weighted by molar-refractivity contribution is 0.119. The summed E-state index contributed by atoms with van der Waals surface area (Å²) in [7, 11) is 2.86. The third-order valence-corrected chi connectivity index (χ3v) is 3.46.